The van der Waals surface area contributed by atoms with Gasteiger partial charge in [-0.15, -0.1) is 0 Å². The number of carbonyl (C=O) groups excluding carboxylic acids is 2. The Bertz CT molecular complexity index is 766. The Morgan fingerprint density at radius 2 is 1.88 bits per heavy atom. The smallest absolute Gasteiger partial charge is 0.340 e. The minimum absolute atomic E-state index is 0.163. The summed E-state index contributed by atoms with van der Waals surface area (Å²) in [6.45, 7) is 8.22. The van der Waals surface area contributed by atoms with Crippen LogP contribution >= 0.6 is 15.9 Å². The van der Waals surface area contributed by atoms with Gasteiger partial charge in [0.2, 0.25) is 0 Å². The van der Waals surface area contributed by atoms with Crippen molar-refractivity contribution in [2.24, 2.45) is 0 Å². The van der Waals surface area contributed by atoms with E-state index in [0.717, 1.165) is 28.0 Å². The van der Waals surface area contributed by atoms with Gasteiger partial charge in [0, 0.05) is 22.4 Å². The third kappa shape index (κ3) is 4.72. The molecular weight excluding hydrogens is 384 g/mol. The fourth-order valence-electron chi connectivity index (χ4n) is 2.82. The lowest BCUT2D eigenvalue weighted by molar-refractivity contribution is -0.124. The number of nitrogens with one attached hydrogen (secondary N) is 1. The lowest BCUT2D eigenvalue weighted by atomic mass is 10.1. The summed E-state index contributed by atoms with van der Waals surface area (Å²) in [7, 11) is 0. The molecule has 2 rings (SSSR count). The largest absolute Gasteiger partial charge is 0.452 e. The van der Waals surface area contributed by atoms with Crippen LogP contribution in [-0.4, -0.2) is 23.1 Å². The highest BCUT2D eigenvalue weighted by Gasteiger charge is 2.18. The van der Waals surface area contributed by atoms with Gasteiger partial charge >= 0.3 is 5.97 Å². The van der Waals surface area contributed by atoms with Crippen molar-refractivity contribution in [3.8, 4) is 0 Å². The van der Waals surface area contributed by atoms with E-state index in [9.17, 15) is 9.59 Å². The molecule has 0 spiro atoms. The van der Waals surface area contributed by atoms with E-state index in [1.807, 2.05) is 56.5 Å². The van der Waals surface area contributed by atoms with Gasteiger partial charge in [-0.05, 0) is 51.5 Å². The summed E-state index contributed by atoms with van der Waals surface area (Å²) in [5, 5.41) is 2.83. The van der Waals surface area contributed by atoms with Gasteiger partial charge in [-0.2, -0.15) is 0 Å². The number of hydrogen-bond acceptors (Lipinski definition) is 3. The molecule has 1 atom stereocenters. The lowest BCUT2D eigenvalue weighted by Gasteiger charge is -2.14. The molecule has 0 bridgehead atoms. The van der Waals surface area contributed by atoms with Crippen molar-refractivity contribution in [3.05, 3.63) is 57.3 Å². The zero-order valence-electron chi connectivity index (χ0n) is 14.9. The number of benzene rings is 1. The number of halogens is 1. The van der Waals surface area contributed by atoms with Crippen LogP contribution in [0.5, 0.6) is 0 Å². The first-order valence-corrected chi connectivity index (χ1v) is 9.01. The molecule has 0 aliphatic carbocycles. The Morgan fingerprint density at radius 3 is 2.44 bits per heavy atom. The summed E-state index contributed by atoms with van der Waals surface area (Å²) >= 11 is 3.38. The Kier molecular flexibility index (Phi) is 6.42. The van der Waals surface area contributed by atoms with Crippen LogP contribution < -0.4 is 5.32 Å². The van der Waals surface area contributed by atoms with Crippen LogP contribution in [0.2, 0.25) is 0 Å². The highest BCUT2D eigenvalue weighted by Crippen LogP contribution is 2.17. The van der Waals surface area contributed by atoms with E-state index < -0.39 is 5.97 Å². The Balaban J connectivity index is 1.91. The van der Waals surface area contributed by atoms with Crippen molar-refractivity contribution < 1.29 is 14.3 Å². The standard InChI is InChI=1S/C19H23BrN2O3/c1-5-22-12(2)10-17(14(22)4)19(24)25-11-18(23)21-13(3)15-6-8-16(20)9-7-15/h6-10,13H,5,11H2,1-4H3,(H,21,23)/t13-/m0/s1. The van der Waals surface area contributed by atoms with Gasteiger partial charge in [0.05, 0.1) is 11.6 Å². The van der Waals surface area contributed by atoms with Crippen molar-refractivity contribution in [2.75, 3.05) is 6.61 Å². The first-order chi connectivity index (χ1) is 11.8. The van der Waals surface area contributed by atoms with E-state index in [1.54, 1.807) is 6.07 Å². The fourth-order valence-corrected chi connectivity index (χ4v) is 3.09. The average molecular weight is 407 g/mol. The topological polar surface area (TPSA) is 60.3 Å². The van der Waals surface area contributed by atoms with E-state index >= 15 is 0 Å². The number of rotatable bonds is 6. The monoisotopic (exact) mass is 406 g/mol. The first kappa shape index (κ1) is 19.2. The number of aryl methyl sites for hydroxylation is 1. The normalized spacial score (nSPS) is 11.9. The number of aromatic nitrogens is 1. The summed E-state index contributed by atoms with van der Waals surface area (Å²) in [5.74, 6) is -0.799. The second-order valence-electron chi connectivity index (χ2n) is 5.95. The van der Waals surface area contributed by atoms with Crippen molar-refractivity contribution in [1.29, 1.82) is 0 Å². The predicted octanol–water partition coefficient (Wildman–Crippen LogP) is 3.92. The quantitative estimate of drug-likeness (QED) is 0.739. The number of hydrogen-bond donors (Lipinski definition) is 1. The number of ether oxygens (including phenoxy) is 1. The second kappa shape index (κ2) is 8.34. The van der Waals surface area contributed by atoms with Gasteiger partial charge in [0.1, 0.15) is 0 Å². The summed E-state index contributed by atoms with van der Waals surface area (Å²) < 4.78 is 8.18. The summed E-state index contributed by atoms with van der Waals surface area (Å²) in [5.41, 5.74) is 3.34. The summed E-state index contributed by atoms with van der Waals surface area (Å²) in [6.07, 6.45) is 0. The Labute approximate surface area is 156 Å². The number of esters is 1. The molecule has 2 aromatic rings. The molecule has 25 heavy (non-hydrogen) atoms. The molecule has 0 saturated heterocycles. The molecule has 1 amide bonds. The number of carbonyl (C=O) groups is 2. The van der Waals surface area contributed by atoms with Crippen molar-refractivity contribution >= 4 is 27.8 Å². The van der Waals surface area contributed by atoms with Crippen molar-refractivity contribution in [3.63, 3.8) is 0 Å². The maximum Gasteiger partial charge on any atom is 0.340 e. The third-order valence-electron chi connectivity index (χ3n) is 4.19. The van der Waals surface area contributed by atoms with Gasteiger partial charge in [0.25, 0.3) is 5.91 Å². The Morgan fingerprint density at radius 1 is 1.24 bits per heavy atom. The zero-order chi connectivity index (χ0) is 18.6. The average Bonchev–Trinajstić information content (AvgIpc) is 2.87. The van der Waals surface area contributed by atoms with Crippen molar-refractivity contribution in [2.45, 2.75) is 40.3 Å². The number of nitrogens with zero attached hydrogens (tertiary/aromatic N) is 1. The summed E-state index contributed by atoms with van der Waals surface area (Å²) in [4.78, 5) is 24.3. The third-order valence-corrected chi connectivity index (χ3v) is 4.72. The van der Waals surface area contributed by atoms with E-state index in [2.05, 4.69) is 21.2 Å². The molecule has 1 aromatic heterocycles. The molecule has 0 radical (unpaired) electrons. The van der Waals surface area contributed by atoms with E-state index in [4.69, 9.17) is 4.74 Å². The predicted molar refractivity (Wildman–Crippen MR) is 101 cm³/mol. The van der Waals surface area contributed by atoms with Crippen LogP contribution in [0.1, 0.15) is 47.2 Å². The van der Waals surface area contributed by atoms with Crippen LogP contribution in [0.3, 0.4) is 0 Å². The SMILES string of the molecule is CCn1c(C)cc(C(=O)OCC(=O)N[C@@H](C)c2ccc(Br)cc2)c1C. The molecule has 1 N–H and O–H groups in total. The highest BCUT2D eigenvalue weighted by atomic mass is 79.9. The van der Waals surface area contributed by atoms with Gasteiger partial charge < -0.3 is 14.6 Å². The van der Waals surface area contributed by atoms with E-state index in [-0.39, 0.29) is 18.6 Å². The highest BCUT2D eigenvalue weighted by molar-refractivity contribution is 9.10. The van der Waals surface area contributed by atoms with Crippen molar-refractivity contribution in [1.82, 2.24) is 9.88 Å². The zero-order valence-corrected chi connectivity index (χ0v) is 16.5. The van der Waals surface area contributed by atoms with E-state index in [1.165, 1.54) is 0 Å². The second-order valence-corrected chi connectivity index (χ2v) is 6.86. The molecule has 5 nitrogen and oxygen atoms in total. The van der Waals surface area contributed by atoms with Gasteiger partial charge in [-0.1, -0.05) is 28.1 Å². The molecule has 6 heteroatoms. The molecule has 0 fully saturated rings. The first-order valence-electron chi connectivity index (χ1n) is 8.22. The minimum Gasteiger partial charge on any atom is -0.452 e. The minimum atomic E-state index is -0.473. The fraction of sp³-hybridized carbons (Fsp3) is 0.368. The van der Waals surface area contributed by atoms with Gasteiger partial charge in [-0.25, -0.2) is 4.79 Å². The molecule has 0 saturated carbocycles. The van der Waals surface area contributed by atoms with Crippen LogP contribution in [0.15, 0.2) is 34.8 Å². The molecule has 1 aromatic carbocycles. The van der Waals surface area contributed by atoms with Crippen LogP contribution in [0.4, 0.5) is 0 Å². The number of amides is 1. The molecule has 1 heterocycles. The molecule has 134 valence electrons. The lowest BCUT2D eigenvalue weighted by Crippen LogP contribution is -2.31. The molecule has 0 unspecified atom stereocenters. The summed E-state index contributed by atoms with van der Waals surface area (Å²) in [6, 6.07) is 9.33. The van der Waals surface area contributed by atoms with Crippen LogP contribution in [-0.2, 0) is 16.1 Å². The molecular formula is C19H23BrN2O3. The Hall–Kier alpha value is -2.08. The maximum atomic E-state index is 12.2. The molecule has 0 aliphatic heterocycles. The van der Waals surface area contributed by atoms with Gasteiger partial charge in [-0.3, -0.25) is 4.79 Å². The molecule has 0 aliphatic rings. The maximum absolute atomic E-state index is 12.2. The van der Waals surface area contributed by atoms with E-state index in [0.29, 0.717) is 5.56 Å². The van der Waals surface area contributed by atoms with Gasteiger partial charge in [0.15, 0.2) is 6.61 Å². The van der Waals surface area contributed by atoms with Crippen LogP contribution in [0.25, 0.3) is 0 Å². The van der Waals surface area contributed by atoms with Crippen LogP contribution in [0, 0.1) is 13.8 Å².